The Morgan fingerprint density at radius 1 is 0.850 bits per heavy atom. The smallest absolute Gasteiger partial charge is 0.0540 e. The van der Waals surface area contributed by atoms with Crippen LogP contribution in [0.5, 0.6) is 0 Å². The van der Waals surface area contributed by atoms with Gasteiger partial charge in [-0.1, -0.05) is 39.0 Å². The van der Waals surface area contributed by atoms with Gasteiger partial charge in [0.15, 0.2) is 0 Å². The van der Waals surface area contributed by atoms with Crippen molar-refractivity contribution in [2.45, 2.75) is 96.2 Å². The molecule has 0 spiro atoms. The van der Waals surface area contributed by atoms with Crippen LogP contribution in [0.25, 0.3) is 0 Å². The molecule has 0 fully saturated rings. The van der Waals surface area contributed by atoms with Crippen LogP contribution in [-0.4, -0.2) is 28.4 Å². The summed E-state index contributed by atoms with van der Waals surface area (Å²) in [6.07, 6.45) is 9.46. The van der Waals surface area contributed by atoms with Gasteiger partial charge < -0.3 is 20.1 Å². The van der Waals surface area contributed by atoms with Crippen molar-refractivity contribution in [3.63, 3.8) is 0 Å². The minimum absolute atomic E-state index is 0.155. The first-order valence-corrected chi connectivity index (χ1v) is 8.12. The zero-order valence-electron chi connectivity index (χ0n) is 12.9. The van der Waals surface area contributed by atoms with Crippen molar-refractivity contribution in [2.75, 3.05) is 0 Å². The third-order valence-electron chi connectivity index (χ3n) is 3.61. The predicted molar refractivity (Wildman–Crippen MR) is 78.1 cm³/mol. The molecule has 0 aliphatic carbocycles. The number of hydrogen-bond acceptors (Lipinski definition) is 4. The largest absolute Gasteiger partial charge is 0.550 e. The highest BCUT2D eigenvalue weighted by Gasteiger charge is 2.07. The van der Waals surface area contributed by atoms with Crippen LogP contribution in [0, 0.1) is 0 Å². The summed E-state index contributed by atoms with van der Waals surface area (Å²) in [6.45, 7) is 2.06. The second-order valence-corrected chi connectivity index (χ2v) is 5.71. The molecule has 2 atom stereocenters. The third kappa shape index (κ3) is 13.8. The van der Waals surface area contributed by atoms with Gasteiger partial charge in [0, 0.05) is 5.97 Å². The van der Waals surface area contributed by atoms with E-state index in [1.165, 1.54) is 0 Å². The highest BCUT2D eigenvalue weighted by atomic mass is 16.4. The van der Waals surface area contributed by atoms with E-state index in [1.807, 2.05) is 0 Å². The molecule has 0 saturated heterocycles. The van der Waals surface area contributed by atoms with E-state index in [4.69, 9.17) is 0 Å². The first-order valence-electron chi connectivity index (χ1n) is 8.12. The second-order valence-electron chi connectivity index (χ2n) is 5.71. The fourth-order valence-electron chi connectivity index (χ4n) is 2.39. The molecule has 0 aliphatic heterocycles. The van der Waals surface area contributed by atoms with Gasteiger partial charge in [-0.2, -0.15) is 0 Å². The number of unbranched alkanes of at least 4 members (excludes halogenated alkanes) is 4. The lowest BCUT2D eigenvalue weighted by molar-refractivity contribution is -0.305. The monoisotopic (exact) mass is 287 g/mol. The molecule has 0 aliphatic rings. The topological polar surface area (TPSA) is 80.6 Å². The van der Waals surface area contributed by atoms with Crippen molar-refractivity contribution in [1.29, 1.82) is 0 Å². The lowest BCUT2D eigenvalue weighted by Gasteiger charge is -2.12. The summed E-state index contributed by atoms with van der Waals surface area (Å²) in [5, 5.41) is 29.6. The number of carbonyl (C=O) groups is 1. The maximum Gasteiger partial charge on any atom is 0.0540 e. The van der Waals surface area contributed by atoms with Crippen LogP contribution < -0.4 is 5.11 Å². The molecule has 120 valence electrons. The number of aliphatic carboxylic acids is 1. The zero-order valence-corrected chi connectivity index (χ0v) is 12.9. The Morgan fingerprint density at radius 2 is 1.35 bits per heavy atom. The number of hydrogen-bond donors (Lipinski definition) is 2. The van der Waals surface area contributed by atoms with E-state index in [2.05, 4.69) is 6.92 Å². The van der Waals surface area contributed by atoms with Gasteiger partial charge >= 0.3 is 0 Å². The quantitative estimate of drug-likeness (QED) is 0.480. The average Bonchev–Trinajstić information content (AvgIpc) is 2.37. The number of aliphatic hydroxyl groups is 2. The molecule has 2 N–H and O–H groups in total. The number of rotatable bonds is 14. The third-order valence-corrected chi connectivity index (χ3v) is 3.61. The maximum absolute atomic E-state index is 10.2. The average molecular weight is 287 g/mol. The molecule has 0 radical (unpaired) electrons. The number of aliphatic hydroxyl groups excluding tert-OH is 2. The molecule has 20 heavy (non-hydrogen) atoms. The first kappa shape index (κ1) is 19.4. The van der Waals surface area contributed by atoms with E-state index < -0.39 is 5.97 Å². The minimum atomic E-state index is -0.967. The van der Waals surface area contributed by atoms with Gasteiger partial charge in [-0.25, -0.2) is 0 Å². The minimum Gasteiger partial charge on any atom is -0.550 e. The fourth-order valence-corrected chi connectivity index (χ4v) is 2.39. The summed E-state index contributed by atoms with van der Waals surface area (Å²) in [7, 11) is 0. The Morgan fingerprint density at radius 3 is 1.95 bits per heavy atom. The van der Waals surface area contributed by atoms with Gasteiger partial charge in [0.2, 0.25) is 0 Å². The zero-order chi connectivity index (χ0) is 15.2. The lowest BCUT2D eigenvalue weighted by atomic mass is 10.0. The highest BCUT2D eigenvalue weighted by molar-refractivity contribution is 5.63. The van der Waals surface area contributed by atoms with Crippen LogP contribution >= 0.6 is 0 Å². The van der Waals surface area contributed by atoms with Gasteiger partial charge in [0.05, 0.1) is 12.2 Å². The summed E-state index contributed by atoms with van der Waals surface area (Å²) in [5.74, 6) is -0.967. The Balaban J connectivity index is 3.28. The van der Waals surface area contributed by atoms with E-state index in [9.17, 15) is 20.1 Å². The van der Waals surface area contributed by atoms with Crippen molar-refractivity contribution in [3.05, 3.63) is 0 Å². The van der Waals surface area contributed by atoms with Crippen LogP contribution in [0.2, 0.25) is 0 Å². The molecule has 4 nitrogen and oxygen atoms in total. The molecule has 0 aromatic rings. The van der Waals surface area contributed by atoms with Crippen molar-refractivity contribution in [3.8, 4) is 0 Å². The Kier molecular flexibility index (Phi) is 13.0. The molecule has 0 amide bonds. The summed E-state index contributed by atoms with van der Waals surface area (Å²) in [5.41, 5.74) is 0. The number of carboxylic acid groups (broad SMARTS) is 1. The van der Waals surface area contributed by atoms with Gasteiger partial charge in [0.1, 0.15) is 0 Å². The molecular formula is C16H31O4-. The molecule has 0 aromatic carbocycles. The molecule has 0 saturated carbocycles. The highest BCUT2D eigenvalue weighted by Crippen LogP contribution is 2.13. The van der Waals surface area contributed by atoms with E-state index in [0.29, 0.717) is 6.42 Å². The summed E-state index contributed by atoms with van der Waals surface area (Å²) < 4.78 is 0. The summed E-state index contributed by atoms with van der Waals surface area (Å²) in [4.78, 5) is 10.2. The normalized spacial score (nSPS) is 14.2. The van der Waals surface area contributed by atoms with Crippen LogP contribution in [0.3, 0.4) is 0 Å². The molecule has 4 heteroatoms. The second kappa shape index (κ2) is 13.4. The Hall–Kier alpha value is -0.610. The van der Waals surface area contributed by atoms with Gasteiger partial charge in [0.25, 0.3) is 0 Å². The Labute approximate surface area is 123 Å². The standard InChI is InChI=1S/C16H32O4/c1-2-9-14(17)11-8-12-15(18)10-6-4-3-5-7-13-16(19)20/h14-15,17-18H,2-13H2,1H3,(H,19,20)/p-1. The van der Waals surface area contributed by atoms with Gasteiger partial charge in [-0.15, -0.1) is 0 Å². The van der Waals surface area contributed by atoms with E-state index in [-0.39, 0.29) is 18.6 Å². The lowest BCUT2D eigenvalue weighted by Crippen LogP contribution is -2.21. The van der Waals surface area contributed by atoms with Crippen LogP contribution in [0.1, 0.15) is 84.0 Å². The number of carbonyl (C=O) groups excluding carboxylic acids is 1. The van der Waals surface area contributed by atoms with Crippen LogP contribution in [0.4, 0.5) is 0 Å². The van der Waals surface area contributed by atoms with Gasteiger partial charge in [-0.3, -0.25) is 0 Å². The first-order chi connectivity index (χ1) is 9.56. The summed E-state index contributed by atoms with van der Waals surface area (Å²) >= 11 is 0. The van der Waals surface area contributed by atoms with E-state index >= 15 is 0 Å². The van der Waals surface area contributed by atoms with E-state index in [1.54, 1.807) is 0 Å². The van der Waals surface area contributed by atoms with E-state index in [0.717, 1.165) is 64.2 Å². The molecule has 0 heterocycles. The van der Waals surface area contributed by atoms with Crippen LogP contribution in [-0.2, 0) is 4.79 Å². The molecule has 0 aromatic heterocycles. The molecule has 0 bridgehead atoms. The number of carboxylic acids is 1. The van der Waals surface area contributed by atoms with Crippen molar-refractivity contribution in [1.82, 2.24) is 0 Å². The SMILES string of the molecule is CCCC(O)CCCC(O)CCCCCCCC(=O)[O-]. The summed E-state index contributed by atoms with van der Waals surface area (Å²) in [6, 6.07) is 0. The fraction of sp³-hybridized carbons (Fsp3) is 0.938. The molecule has 0 rings (SSSR count). The van der Waals surface area contributed by atoms with Gasteiger partial charge in [-0.05, 0) is 44.9 Å². The Bertz CT molecular complexity index is 231. The molecular weight excluding hydrogens is 256 g/mol. The maximum atomic E-state index is 10.2. The van der Waals surface area contributed by atoms with Crippen LogP contribution in [0.15, 0.2) is 0 Å². The van der Waals surface area contributed by atoms with Crippen molar-refractivity contribution in [2.24, 2.45) is 0 Å². The molecule has 2 unspecified atom stereocenters. The van der Waals surface area contributed by atoms with Crippen molar-refractivity contribution < 1.29 is 20.1 Å². The predicted octanol–water partition coefficient (Wildman–Crippen LogP) is 2.16. The van der Waals surface area contributed by atoms with Crippen molar-refractivity contribution >= 4 is 5.97 Å².